The van der Waals surface area contributed by atoms with Gasteiger partial charge in [0.05, 0.1) is 5.69 Å². The second-order valence-electron chi connectivity index (χ2n) is 6.45. The van der Waals surface area contributed by atoms with Crippen molar-refractivity contribution in [3.63, 3.8) is 0 Å². The quantitative estimate of drug-likeness (QED) is 0.522. The Morgan fingerprint density at radius 2 is 1.83 bits per heavy atom. The molecule has 4 rings (SSSR count). The zero-order valence-corrected chi connectivity index (χ0v) is 16.2. The Balaban J connectivity index is 1.31. The van der Waals surface area contributed by atoms with Crippen LogP contribution < -0.4 is 10.2 Å². The van der Waals surface area contributed by atoms with E-state index < -0.39 is 4.92 Å². The lowest BCUT2D eigenvalue weighted by Gasteiger charge is -2.35. The van der Waals surface area contributed by atoms with Gasteiger partial charge in [0.1, 0.15) is 5.01 Å². The highest BCUT2D eigenvalue weighted by molar-refractivity contribution is 7.13. The van der Waals surface area contributed by atoms with E-state index in [2.05, 4.69) is 20.2 Å². The molecule has 0 atom stereocenters. The molecule has 0 unspecified atom stereocenters. The number of anilines is 2. The first-order valence-corrected chi connectivity index (χ1v) is 9.89. The van der Waals surface area contributed by atoms with E-state index in [1.165, 1.54) is 12.3 Å². The van der Waals surface area contributed by atoms with Crippen LogP contribution in [0.4, 0.5) is 22.0 Å². The molecule has 1 aliphatic heterocycles. The van der Waals surface area contributed by atoms with Crippen LogP contribution >= 0.6 is 11.3 Å². The SMILES string of the molecule is O=C(Nc1ccc(-c2nccs2)cc1)N1CCN(c2ccc([N+](=O)[O-])nc2)CC1. The topological polar surface area (TPSA) is 105 Å². The molecule has 1 N–H and O–H groups in total. The van der Waals surface area contributed by atoms with Crippen LogP contribution in [0.15, 0.2) is 54.2 Å². The molecule has 9 nitrogen and oxygen atoms in total. The van der Waals surface area contributed by atoms with Crippen molar-refractivity contribution in [2.24, 2.45) is 0 Å². The summed E-state index contributed by atoms with van der Waals surface area (Å²) < 4.78 is 0. The Hall–Kier alpha value is -3.53. The highest BCUT2D eigenvalue weighted by atomic mass is 32.1. The van der Waals surface area contributed by atoms with E-state index in [9.17, 15) is 14.9 Å². The smallest absolute Gasteiger partial charge is 0.363 e. The summed E-state index contributed by atoms with van der Waals surface area (Å²) >= 11 is 1.57. The van der Waals surface area contributed by atoms with E-state index in [1.54, 1.807) is 28.5 Å². The summed E-state index contributed by atoms with van der Waals surface area (Å²) in [7, 11) is 0. The van der Waals surface area contributed by atoms with Gasteiger partial charge in [0.25, 0.3) is 0 Å². The van der Waals surface area contributed by atoms with Crippen molar-refractivity contribution in [3.8, 4) is 10.6 Å². The van der Waals surface area contributed by atoms with Crippen molar-refractivity contribution in [1.29, 1.82) is 0 Å². The highest BCUT2D eigenvalue weighted by Gasteiger charge is 2.22. The summed E-state index contributed by atoms with van der Waals surface area (Å²) in [4.78, 5) is 34.7. The van der Waals surface area contributed by atoms with Gasteiger partial charge in [0.15, 0.2) is 6.20 Å². The molecule has 148 valence electrons. The van der Waals surface area contributed by atoms with Gasteiger partial charge in [0, 0.05) is 55.1 Å². The lowest BCUT2D eigenvalue weighted by molar-refractivity contribution is -0.389. The number of nitro groups is 1. The van der Waals surface area contributed by atoms with E-state index in [1.807, 2.05) is 29.6 Å². The van der Waals surface area contributed by atoms with Crippen LogP contribution in [0, 0.1) is 10.1 Å². The number of thiazole rings is 1. The zero-order valence-electron chi connectivity index (χ0n) is 15.4. The van der Waals surface area contributed by atoms with Crippen LogP contribution in [0.3, 0.4) is 0 Å². The third-order valence-electron chi connectivity index (χ3n) is 4.67. The second-order valence-corrected chi connectivity index (χ2v) is 7.35. The molecule has 2 aromatic heterocycles. The molecular formula is C19H18N6O3S. The maximum absolute atomic E-state index is 12.5. The number of rotatable bonds is 4. The predicted octanol–water partition coefficient (Wildman–Crippen LogP) is 3.47. The third-order valence-corrected chi connectivity index (χ3v) is 5.49. The minimum Gasteiger partial charge on any atom is -0.365 e. The Kier molecular flexibility index (Phi) is 5.34. The number of pyridine rings is 1. The molecular weight excluding hydrogens is 392 g/mol. The van der Waals surface area contributed by atoms with Gasteiger partial charge >= 0.3 is 11.8 Å². The number of hydrogen-bond acceptors (Lipinski definition) is 7. The first-order chi connectivity index (χ1) is 14.1. The van der Waals surface area contributed by atoms with E-state index >= 15 is 0 Å². The Morgan fingerprint density at radius 1 is 1.07 bits per heavy atom. The summed E-state index contributed by atoms with van der Waals surface area (Å²) in [6, 6.07) is 10.5. The van der Waals surface area contributed by atoms with Gasteiger partial charge in [-0.2, -0.15) is 0 Å². The number of amides is 2. The van der Waals surface area contributed by atoms with Crippen LogP contribution in [0.5, 0.6) is 0 Å². The molecule has 0 radical (unpaired) electrons. The largest absolute Gasteiger partial charge is 0.365 e. The van der Waals surface area contributed by atoms with Gasteiger partial charge in [0.2, 0.25) is 0 Å². The molecule has 3 aromatic rings. The van der Waals surface area contributed by atoms with E-state index in [4.69, 9.17) is 0 Å². The van der Waals surface area contributed by atoms with Gasteiger partial charge in [-0.1, -0.05) is 0 Å². The first kappa shape index (κ1) is 18.8. The molecule has 0 aliphatic carbocycles. The lowest BCUT2D eigenvalue weighted by Crippen LogP contribution is -2.50. The molecule has 1 saturated heterocycles. The number of aromatic nitrogens is 2. The molecule has 29 heavy (non-hydrogen) atoms. The molecule has 3 heterocycles. The maximum atomic E-state index is 12.5. The minimum absolute atomic E-state index is 0.145. The molecule has 0 saturated carbocycles. The predicted molar refractivity (Wildman–Crippen MR) is 111 cm³/mol. The van der Waals surface area contributed by atoms with Gasteiger partial charge in [-0.25, -0.2) is 9.78 Å². The van der Waals surface area contributed by atoms with Crippen molar-refractivity contribution in [2.75, 3.05) is 36.4 Å². The second kappa shape index (κ2) is 8.23. The number of benzene rings is 1. The summed E-state index contributed by atoms with van der Waals surface area (Å²) in [5, 5.41) is 16.5. The summed E-state index contributed by atoms with van der Waals surface area (Å²) in [6.45, 7) is 2.38. The number of nitrogens with zero attached hydrogens (tertiary/aromatic N) is 5. The van der Waals surface area contributed by atoms with Crippen molar-refractivity contribution in [1.82, 2.24) is 14.9 Å². The number of carbonyl (C=O) groups excluding carboxylic acids is 1. The number of nitrogens with one attached hydrogen (secondary N) is 1. The normalized spacial score (nSPS) is 13.9. The average molecular weight is 410 g/mol. The summed E-state index contributed by atoms with van der Waals surface area (Å²) in [6.07, 6.45) is 3.26. The third kappa shape index (κ3) is 4.32. The van der Waals surface area contributed by atoms with Crippen LogP contribution in [0.1, 0.15) is 0 Å². The van der Waals surface area contributed by atoms with Gasteiger partial charge in [-0.15, -0.1) is 11.3 Å². The minimum atomic E-state index is -0.518. The zero-order chi connectivity index (χ0) is 20.2. The molecule has 1 fully saturated rings. The molecule has 10 heteroatoms. The molecule has 0 bridgehead atoms. The molecule has 1 aromatic carbocycles. The van der Waals surface area contributed by atoms with E-state index in [-0.39, 0.29) is 11.8 Å². The summed E-state index contributed by atoms with van der Waals surface area (Å²) in [5.74, 6) is -0.173. The number of piperazine rings is 1. The highest BCUT2D eigenvalue weighted by Crippen LogP contribution is 2.23. The van der Waals surface area contributed by atoms with Gasteiger partial charge in [-0.05, 0) is 40.2 Å². The number of carbonyl (C=O) groups is 1. The van der Waals surface area contributed by atoms with Crippen molar-refractivity contribution < 1.29 is 9.72 Å². The fraction of sp³-hybridized carbons (Fsp3) is 0.211. The Morgan fingerprint density at radius 3 is 2.41 bits per heavy atom. The monoisotopic (exact) mass is 410 g/mol. The number of urea groups is 1. The average Bonchev–Trinajstić information content (AvgIpc) is 3.29. The van der Waals surface area contributed by atoms with Crippen LogP contribution in [0.2, 0.25) is 0 Å². The fourth-order valence-electron chi connectivity index (χ4n) is 3.11. The fourth-order valence-corrected chi connectivity index (χ4v) is 3.75. The summed E-state index contributed by atoms with van der Waals surface area (Å²) in [5.41, 5.74) is 2.56. The maximum Gasteiger partial charge on any atom is 0.363 e. The molecule has 0 spiro atoms. The molecule has 2 amide bonds. The van der Waals surface area contributed by atoms with Crippen LogP contribution in [-0.2, 0) is 0 Å². The van der Waals surface area contributed by atoms with Gasteiger partial charge < -0.3 is 25.2 Å². The van der Waals surface area contributed by atoms with Crippen LogP contribution in [-0.4, -0.2) is 52.0 Å². The van der Waals surface area contributed by atoms with E-state index in [0.717, 1.165) is 21.9 Å². The van der Waals surface area contributed by atoms with Crippen molar-refractivity contribution >= 4 is 34.6 Å². The van der Waals surface area contributed by atoms with Crippen molar-refractivity contribution in [3.05, 3.63) is 64.3 Å². The van der Waals surface area contributed by atoms with Crippen LogP contribution in [0.25, 0.3) is 10.6 Å². The van der Waals surface area contributed by atoms with Crippen molar-refractivity contribution in [2.45, 2.75) is 0 Å². The first-order valence-electron chi connectivity index (χ1n) is 9.01. The Bertz CT molecular complexity index is 984. The molecule has 1 aliphatic rings. The standard InChI is InChI=1S/C19H18N6O3S/c26-19(22-15-3-1-14(2-4-15)18-20-7-12-29-18)24-10-8-23(9-11-24)16-5-6-17(21-13-16)25(27)28/h1-7,12-13H,8-11H2,(H,22,26). The van der Waals surface area contributed by atoms with Gasteiger partial charge in [-0.3, -0.25) is 0 Å². The Labute approximate surface area is 170 Å². The lowest BCUT2D eigenvalue weighted by atomic mass is 10.2. The number of hydrogen-bond donors (Lipinski definition) is 1. The van der Waals surface area contributed by atoms with E-state index in [0.29, 0.717) is 26.2 Å².